The third-order valence-corrected chi connectivity index (χ3v) is 4.48. The van der Waals surface area contributed by atoms with Crippen LogP contribution in [0.1, 0.15) is 20.8 Å². The highest BCUT2D eigenvalue weighted by molar-refractivity contribution is 8.14. The second kappa shape index (κ2) is 5.40. The lowest BCUT2D eigenvalue weighted by Gasteiger charge is -2.13. The molecule has 1 aliphatic heterocycles. The molecular formula is C10H20N2O2S2. The zero-order valence-electron chi connectivity index (χ0n) is 10.2. The molecule has 0 saturated heterocycles. The molecule has 0 aromatic rings. The number of sulfone groups is 1. The number of amidine groups is 1. The highest BCUT2D eigenvalue weighted by Crippen LogP contribution is 2.22. The summed E-state index contributed by atoms with van der Waals surface area (Å²) in [4.78, 5) is 4.53. The van der Waals surface area contributed by atoms with E-state index in [9.17, 15) is 8.42 Å². The minimum atomic E-state index is -2.92. The SMILES string of the molecule is CC(CS(C)(=O)=O)NC1=NC(C(C)C)CS1. The van der Waals surface area contributed by atoms with Gasteiger partial charge in [0.2, 0.25) is 0 Å². The fourth-order valence-corrected chi connectivity index (χ4v) is 3.79. The third kappa shape index (κ3) is 4.74. The first kappa shape index (κ1) is 13.8. The van der Waals surface area contributed by atoms with Crippen molar-refractivity contribution < 1.29 is 8.42 Å². The van der Waals surface area contributed by atoms with Crippen LogP contribution in [0.5, 0.6) is 0 Å². The van der Waals surface area contributed by atoms with Crippen LogP contribution in [0.15, 0.2) is 4.99 Å². The summed E-state index contributed by atoms with van der Waals surface area (Å²) in [6.45, 7) is 6.17. The number of aliphatic imine (C=N–C) groups is 1. The van der Waals surface area contributed by atoms with Gasteiger partial charge in [0.15, 0.2) is 5.17 Å². The summed E-state index contributed by atoms with van der Waals surface area (Å²) < 4.78 is 22.2. The van der Waals surface area contributed by atoms with E-state index in [1.54, 1.807) is 11.8 Å². The van der Waals surface area contributed by atoms with Crippen LogP contribution < -0.4 is 5.32 Å². The van der Waals surface area contributed by atoms with Gasteiger partial charge in [-0.2, -0.15) is 0 Å². The largest absolute Gasteiger partial charge is 0.361 e. The topological polar surface area (TPSA) is 58.5 Å². The van der Waals surface area contributed by atoms with Gasteiger partial charge in [-0.25, -0.2) is 8.42 Å². The second-order valence-corrected chi connectivity index (χ2v) is 7.89. The lowest BCUT2D eigenvalue weighted by atomic mass is 10.1. The first-order valence-corrected chi connectivity index (χ1v) is 8.47. The van der Waals surface area contributed by atoms with Crippen molar-refractivity contribution in [2.45, 2.75) is 32.9 Å². The molecule has 0 spiro atoms. The van der Waals surface area contributed by atoms with Crippen LogP contribution >= 0.6 is 11.8 Å². The number of nitrogens with one attached hydrogen (secondary N) is 1. The molecular weight excluding hydrogens is 244 g/mol. The fraction of sp³-hybridized carbons (Fsp3) is 0.900. The molecule has 0 amide bonds. The first-order chi connectivity index (χ1) is 7.28. The standard InChI is InChI=1S/C10H20N2O2S2/c1-7(2)9-5-15-10(12-9)11-8(3)6-16(4,13)14/h7-9H,5-6H2,1-4H3,(H,11,12). The first-order valence-electron chi connectivity index (χ1n) is 5.43. The van der Waals surface area contributed by atoms with E-state index in [4.69, 9.17) is 0 Å². The van der Waals surface area contributed by atoms with Gasteiger partial charge in [-0.3, -0.25) is 4.99 Å². The number of rotatable bonds is 4. The Kier molecular flexibility index (Phi) is 4.67. The quantitative estimate of drug-likeness (QED) is 0.827. The van der Waals surface area contributed by atoms with E-state index >= 15 is 0 Å². The van der Waals surface area contributed by atoms with Crippen LogP contribution in [0, 0.1) is 5.92 Å². The minimum absolute atomic E-state index is 0.0767. The molecule has 16 heavy (non-hydrogen) atoms. The zero-order valence-corrected chi connectivity index (χ0v) is 11.9. The van der Waals surface area contributed by atoms with E-state index in [0.717, 1.165) is 10.9 Å². The molecule has 6 heteroatoms. The van der Waals surface area contributed by atoms with Gasteiger partial charge >= 0.3 is 0 Å². The molecule has 0 aromatic carbocycles. The average Bonchev–Trinajstić information content (AvgIpc) is 2.48. The Hall–Kier alpha value is -0.230. The van der Waals surface area contributed by atoms with E-state index in [0.29, 0.717) is 12.0 Å². The Bertz CT molecular complexity index is 363. The van der Waals surface area contributed by atoms with Crippen molar-refractivity contribution in [3.63, 3.8) is 0 Å². The Balaban J connectivity index is 2.47. The molecule has 0 bridgehead atoms. The van der Waals surface area contributed by atoms with Crippen molar-refractivity contribution in [1.82, 2.24) is 5.32 Å². The summed E-state index contributed by atoms with van der Waals surface area (Å²) in [5.74, 6) is 1.68. The van der Waals surface area contributed by atoms with Crippen molar-refractivity contribution in [2.24, 2.45) is 10.9 Å². The summed E-state index contributed by atoms with van der Waals surface area (Å²) >= 11 is 1.68. The van der Waals surface area contributed by atoms with E-state index in [2.05, 4.69) is 24.2 Å². The van der Waals surface area contributed by atoms with Crippen LogP contribution in [0.4, 0.5) is 0 Å². The predicted molar refractivity (Wildman–Crippen MR) is 70.8 cm³/mol. The maximum atomic E-state index is 11.1. The summed E-state index contributed by atoms with van der Waals surface area (Å²) in [7, 11) is -2.92. The van der Waals surface area contributed by atoms with Crippen molar-refractivity contribution in [3.8, 4) is 0 Å². The lowest BCUT2D eigenvalue weighted by Crippen LogP contribution is -2.35. The van der Waals surface area contributed by atoms with Crippen molar-refractivity contribution in [2.75, 3.05) is 17.8 Å². The van der Waals surface area contributed by atoms with Crippen molar-refractivity contribution >= 4 is 26.8 Å². The molecule has 2 unspecified atom stereocenters. The van der Waals surface area contributed by atoms with Crippen LogP contribution in [0.2, 0.25) is 0 Å². The van der Waals surface area contributed by atoms with Gasteiger partial charge in [0.1, 0.15) is 9.84 Å². The van der Waals surface area contributed by atoms with Gasteiger partial charge in [0.25, 0.3) is 0 Å². The number of hydrogen-bond acceptors (Lipinski definition) is 5. The molecule has 0 fully saturated rings. The zero-order chi connectivity index (χ0) is 12.3. The van der Waals surface area contributed by atoms with Crippen LogP contribution in [-0.2, 0) is 9.84 Å². The molecule has 0 aliphatic carbocycles. The van der Waals surface area contributed by atoms with E-state index in [-0.39, 0.29) is 11.8 Å². The molecule has 0 aromatic heterocycles. The molecule has 94 valence electrons. The van der Waals surface area contributed by atoms with Crippen LogP contribution in [-0.4, -0.2) is 43.4 Å². The van der Waals surface area contributed by atoms with Gasteiger partial charge in [-0.1, -0.05) is 25.6 Å². The summed E-state index contributed by atoms with van der Waals surface area (Å²) in [6.07, 6.45) is 1.26. The molecule has 0 saturated carbocycles. The summed E-state index contributed by atoms with van der Waals surface area (Å²) in [5, 5.41) is 4.04. The maximum absolute atomic E-state index is 11.1. The van der Waals surface area contributed by atoms with Crippen LogP contribution in [0.3, 0.4) is 0 Å². The smallest absolute Gasteiger partial charge is 0.157 e. The lowest BCUT2D eigenvalue weighted by molar-refractivity contribution is 0.541. The number of hydrogen-bond donors (Lipinski definition) is 1. The maximum Gasteiger partial charge on any atom is 0.157 e. The van der Waals surface area contributed by atoms with Gasteiger partial charge in [0.05, 0.1) is 11.8 Å². The Morgan fingerprint density at radius 1 is 1.50 bits per heavy atom. The molecule has 0 radical (unpaired) electrons. The van der Waals surface area contributed by atoms with Gasteiger partial charge in [-0.05, 0) is 12.8 Å². The molecule has 1 N–H and O–H groups in total. The van der Waals surface area contributed by atoms with Gasteiger partial charge in [-0.15, -0.1) is 0 Å². The molecule has 1 rings (SSSR count). The monoisotopic (exact) mass is 264 g/mol. The van der Waals surface area contributed by atoms with Crippen molar-refractivity contribution in [3.05, 3.63) is 0 Å². The van der Waals surface area contributed by atoms with Crippen molar-refractivity contribution in [1.29, 1.82) is 0 Å². The van der Waals surface area contributed by atoms with Gasteiger partial charge < -0.3 is 5.32 Å². The van der Waals surface area contributed by atoms with E-state index in [1.165, 1.54) is 6.26 Å². The van der Waals surface area contributed by atoms with Crippen LogP contribution in [0.25, 0.3) is 0 Å². The summed E-state index contributed by atoms with van der Waals surface area (Å²) in [5.41, 5.74) is 0. The summed E-state index contributed by atoms with van der Waals surface area (Å²) in [6, 6.07) is 0.282. The molecule has 2 atom stereocenters. The minimum Gasteiger partial charge on any atom is -0.361 e. The predicted octanol–water partition coefficient (Wildman–Crippen LogP) is 1.14. The molecule has 4 nitrogen and oxygen atoms in total. The highest BCUT2D eigenvalue weighted by Gasteiger charge is 2.22. The highest BCUT2D eigenvalue weighted by atomic mass is 32.2. The Morgan fingerprint density at radius 2 is 2.12 bits per heavy atom. The van der Waals surface area contributed by atoms with Gasteiger partial charge in [0, 0.05) is 18.1 Å². The van der Waals surface area contributed by atoms with E-state index in [1.807, 2.05) is 6.92 Å². The Morgan fingerprint density at radius 3 is 2.56 bits per heavy atom. The molecule has 1 heterocycles. The Labute approximate surface area is 102 Å². The number of nitrogens with zero attached hydrogens (tertiary/aromatic N) is 1. The third-order valence-electron chi connectivity index (χ3n) is 2.37. The number of thioether (sulfide) groups is 1. The average molecular weight is 264 g/mol. The second-order valence-electron chi connectivity index (χ2n) is 4.69. The normalized spacial score (nSPS) is 23.3. The molecule has 1 aliphatic rings. The fourth-order valence-electron chi connectivity index (χ4n) is 1.52. The van der Waals surface area contributed by atoms with E-state index < -0.39 is 9.84 Å².